The van der Waals surface area contributed by atoms with Crippen molar-refractivity contribution < 1.29 is 23.9 Å². The van der Waals surface area contributed by atoms with Gasteiger partial charge in [0, 0.05) is 24.4 Å². The molecule has 0 saturated carbocycles. The lowest BCUT2D eigenvalue weighted by atomic mass is 9.91. The molecule has 26 heavy (non-hydrogen) atoms. The van der Waals surface area contributed by atoms with Crippen LogP contribution >= 0.6 is 0 Å². The van der Waals surface area contributed by atoms with Gasteiger partial charge in [0.15, 0.2) is 0 Å². The molecule has 1 atom stereocenters. The van der Waals surface area contributed by atoms with Crippen molar-refractivity contribution in [2.45, 2.75) is 18.9 Å². The van der Waals surface area contributed by atoms with Crippen LogP contribution in [-0.2, 0) is 9.59 Å². The van der Waals surface area contributed by atoms with Gasteiger partial charge < -0.3 is 4.74 Å². The molecule has 2 aromatic rings. The van der Waals surface area contributed by atoms with Crippen LogP contribution in [-0.4, -0.2) is 53.6 Å². The molecular weight excluding hydrogens is 336 g/mol. The number of likely N-dealkylation sites (tertiary alicyclic amines) is 1. The molecule has 0 bridgehead atoms. The van der Waals surface area contributed by atoms with Crippen LogP contribution in [0.4, 0.5) is 0 Å². The SMILES string of the molecule is COc1cc2c3c(cccc3c1)C(=O)N(C1CCC(=O)N(C)C1=O)C2=O. The smallest absolute Gasteiger partial charge is 0.262 e. The molecule has 0 radical (unpaired) electrons. The number of carbonyl (C=O) groups excluding carboxylic acids is 4. The molecule has 2 aliphatic rings. The third-order valence-electron chi connectivity index (χ3n) is 5.02. The first kappa shape index (κ1) is 16.3. The predicted octanol–water partition coefficient (Wildman–Crippen LogP) is 1.59. The van der Waals surface area contributed by atoms with Crippen LogP contribution in [0.15, 0.2) is 30.3 Å². The van der Waals surface area contributed by atoms with E-state index in [1.807, 2.05) is 0 Å². The van der Waals surface area contributed by atoms with Gasteiger partial charge in [-0.1, -0.05) is 12.1 Å². The zero-order valence-electron chi connectivity index (χ0n) is 14.3. The van der Waals surface area contributed by atoms with Gasteiger partial charge in [0.1, 0.15) is 11.8 Å². The van der Waals surface area contributed by atoms with Crippen molar-refractivity contribution in [1.29, 1.82) is 0 Å². The maximum absolute atomic E-state index is 13.1. The molecule has 132 valence electrons. The number of ether oxygens (including phenoxy) is 1. The Bertz CT molecular complexity index is 997. The lowest BCUT2D eigenvalue weighted by Gasteiger charge is -2.37. The predicted molar refractivity (Wildman–Crippen MR) is 91.8 cm³/mol. The van der Waals surface area contributed by atoms with Gasteiger partial charge in [-0.05, 0) is 30.0 Å². The van der Waals surface area contributed by atoms with E-state index in [0.29, 0.717) is 22.3 Å². The lowest BCUT2D eigenvalue weighted by Crippen LogP contribution is -2.57. The van der Waals surface area contributed by atoms with Crippen LogP contribution in [0.3, 0.4) is 0 Å². The van der Waals surface area contributed by atoms with Gasteiger partial charge in [0.2, 0.25) is 5.91 Å². The summed E-state index contributed by atoms with van der Waals surface area (Å²) in [5.74, 6) is -1.42. The molecule has 2 aliphatic heterocycles. The maximum atomic E-state index is 13.1. The Morgan fingerprint density at radius 1 is 1.04 bits per heavy atom. The maximum Gasteiger partial charge on any atom is 0.262 e. The molecule has 0 aliphatic carbocycles. The van der Waals surface area contributed by atoms with E-state index >= 15 is 0 Å². The number of piperidine rings is 1. The number of amides is 4. The molecule has 7 heteroatoms. The molecule has 7 nitrogen and oxygen atoms in total. The van der Waals surface area contributed by atoms with Crippen molar-refractivity contribution in [3.63, 3.8) is 0 Å². The first-order valence-electron chi connectivity index (χ1n) is 8.23. The summed E-state index contributed by atoms with van der Waals surface area (Å²) in [6.07, 6.45) is 0.244. The number of nitrogens with zero attached hydrogens (tertiary/aromatic N) is 2. The Labute approximate surface area is 149 Å². The van der Waals surface area contributed by atoms with E-state index in [4.69, 9.17) is 4.74 Å². The fraction of sp³-hybridized carbons (Fsp3) is 0.263. The van der Waals surface area contributed by atoms with Crippen LogP contribution in [0, 0.1) is 0 Å². The Balaban J connectivity index is 1.88. The Morgan fingerprint density at radius 3 is 2.50 bits per heavy atom. The summed E-state index contributed by atoms with van der Waals surface area (Å²) in [5, 5.41) is 1.28. The highest BCUT2D eigenvalue weighted by Crippen LogP contribution is 2.35. The molecule has 0 N–H and O–H groups in total. The number of benzene rings is 2. The van der Waals surface area contributed by atoms with E-state index in [1.165, 1.54) is 14.2 Å². The first-order chi connectivity index (χ1) is 12.4. The van der Waals surface area contributed by atoms with Crippen LogP contribution in [0.1, 0.15) is 33.6 Å². The quantitative estimate of drug-likeness (QED) is 0.767. The molecule has 0 aromatic heterocycles. The van der Waals surface area contributed by atoms with E-state index in [2.05, 4.69) is 0 Å². The van der Waals surface area contributed by atoms with E-state index < -0.39 is 23.8 Å². The summed E-state index contributed by atoms with van der Waals surface area (Å²) in [6.45, 7) is 0. The topological polar surface area (TPSA) is 84.0 Å². The van der Waals surface area contributed by atoms with Crippen LogP contribution in [0.5, 0.6) is 5.75 Å². The number of likely N-dealkylation sites (N-methyl/N-ethyl adjacent to an activating group) is 1. The fourth-order valence-corrected chi connectivity index (χ4v) is 3.64. The van der Waals surface area contributed by atoms with Gasteiger partial charge in [-0.2, -0.15) is 0 Å². The molecular formula is C19H16N2O5. The van der Waals surface area contributed by atoms with Crippen molar-refractivity contribution in [2.24, 2.45) is 0 Å². The number of imide groups is 2. The molecule has 1 unspecified atom stereocenters. The summed E-state index contributed by atoms with van der Waals surface area (Å²) in [4.78, 5) is 52.4. The molecule has 1 fully saturated rings. The van der Waals surface area contributed by atoms with E-state index in [9.17, 15) is 19.2 Å². The van der Waals surface area contributed by atoms with E-state index in [1.54, 1.807) is 30.3 Å². The summed E-state index contributed by atoms with van der Waals surface area (Å²) in [6, 6.07) is 7.53. The van der Waals surface area contributed by atoms with Gasteiger partial charge in [-0.25, -0.2) is 0 Å². The minimum Gasteiger partial charge on any atom is -0.497 e. The second-order valence-electron chi connectivity index (χ2n) is 6.40. The Hall–Kier alpha value is -3.22. The molecule has 2 heterocycles. The normalized spacial score (nSPS) is 20.2. The highest BCUT2D eigenvalue weighted by atomic mass is 16.5. The summed E-state index contributed by atoms with van der Waals surface area (Å²) in [7, 11) is 2.87. The van der Waals surface area contributed by atoms with Gasteiger partial charge in [0.05, 0.1) is 12.7 Å². The van der Waals surface area contributed by atoms with Gasteiger partial charge in [-0.3, -0.25) is 29.0 Å². The van der Waals surface area contributed by atoms with Crippen LogP contribution in [0.25, 0.3) is 10.8 Å². The Kier molecular flexibility index (Phi) is 3.54. The zero-order chi connectivity index (χ0) is 18.6. The van der Waals surface area contributed by atoms with Gasteiger partial charge >= 0.3 is 0 Å². The summed E-state index contributed by atoms with van der Waals surface area (Å²) < 4.78 is 5.26. The average molecular weight is 352 g/mol. The third kappa shape index (κ3) is 2.13. The van der Waals surface area contributed by atoms with Gasteiger partial charge in [-0.15, -0.1) is 0 Å². The van der Waals surface area contributed by atoms with Crippen molar-refractivity contribution in [2.75, 3.05) is 14.2 Å². The number of rotatable bonds is 2. The van der Waals surface area contributed by atoms with Crippen molar-refractivity contribution in [3.05, 3.63) is 41.5 Å². The fourth-order valence-electron chi connectivity index (χ4n) is 3.64. The Morgan fingerprint density at radius 2 is 1.77 bits per heavy atom. The largest absolute Gasteiger partial charge is 0.497 e. The summed E-state index contributed by atoms with van der Waals surface area (Å²) in [5.41, 5.74) is 0.689. The molecule has 4 rings (SSSR count). The number of carbonyl (C=O) groups is 4. The van der Waals surface area contributed by atoms with E-state index in [-0.39, 0.29) is 18.7 Å². The van der Waals surface area contributed by atoms with E-state index in [0.717, 1.165) is 15.2 Å². The minimum atomic E-state index is -0.979. The highest BCUT2D eigenvalue weighted by molar-refractivity contribution is 6.27. The standard InChI is InChI=1S/C19H16N2O5/c1-20-15(22)7-6-14(19(20)25)21-17(23)12-5-3-4-10-8-11(26-2)9-13(16(10)12)18(21)24/h3-5,8-9,14H,6-7H2,1-2H3. The van der Waals surface area contributed by atoms with Crippen LogP contribution < -0.4 is 4.74 Å². The molecule has 0 spiro atoms. The molecule has 4 amide bonds. The van der Waals surface area contributed by atoms with Gasteiger partial charge in [0.25, 0.3) is 17.7 Å². The third-order valence-corrected chi connectivity index (χ3v) is 5.02. The average Bonchev–Trinajstić information content (AvgIpc) is 2.65. The molecule has 1 saturated heterocycles. The van der Waals surface area contributed by atoms with Crippen molar-refractivity contribution in [1.82, 2.24) is 9.80 Å². The van der Waals surface area contributed by atoms with Crippen molar-refractivity contribution >= 4 is 34.4 Å². The first-order valence-corrected chi connectivity index (χ1v) is 8.23. The summed E-state index contributed by atoms with van der Waals surface area (Å²) >= 11 is 0. The van der Waals surface area contributed by atoms with Crippen molar-refractivity contribution in [3.8, 4) is 5.75 Å². The monoisotopic (exact) mass is 352 g/mol. The molecule has 2 aromatic carbocycles. The number of hydrogen-bond acceptors (Lipinski definition) is 5. The zero-order valence-corrected chi connectivity index (χ0v) is 14.3. The van der Waals surface area contributed by atoms with Crippen LogP contribution in [0.2, 0.25) is 0 Å². The lowest BCUT2D eigenvalue weighted by molar-refractivity contribution is -0.149. The number of methoxy groups -OCH3 is 1. The minimum absolute atomic E-state index is 0.110. The number of hydrogen-bond donors (Lipinski definition) is 0. The second kappa shape index (κ2) is 5.66. The second-order valence-corrected chi connectivity index (χ2v) is 6.40. The highest BCUT2D eigenvalue weighted by Gasteiger charge is 2.44.